The zero-order valence-corrected chi connectivity index (χ0v) is 16.3. The summed E-state index contributed by atoms with van der Waals surface area (Å²) in [6, 6.07) is 17.2. The van der Waals surface area contributed by atoms with Gasteiger partial charge in [0.1, 0.15) is 12.4 Å². The first kappa shape index (κ1) is 19.7. The Labute approximate surface area is 169 Å². The zero-order valence-electron chi connectivity index (χ0n) is 15.5. The van der Waals surface area contributed by atoms with E-state index in [2.05, 4.69) is 10.3 Å². The largest absolute Gasteiger partial charge is 0.492 e. The van der Waals surface area contributed by atoms with E-state index in [1.165, 1.54) is 11.1 Å². The van der Waals surface area contributed by atoms with Crippen LogP contribution >= 0.6 is 12.2 Å². The molecule has 0 radical (unpaired) electrons. The van der Waals surface area contributed by atoms with Gasteiger partial charge in [-0.2, -0.15) is 0 Å². The summed E-state index contributed by atoms with van der Waals surface area (Å²) in [5.41, 5.74) is 2.08. The van der Waals surface area contributed by atoms with Crippen LogP contribution in [-0.2, 0) is 16.1 Å². The van der Waals surface area contributed by atoms with Gasteiger partial charge in [-0.1, -0.05) is 48.0 Å². The molecule has 1 aliphatic rings. The van der Waals surface area contributed by atoms with Crippen molar-refractivity contribution >= 4 is 35.4 Å². The maximum Gasteiger partial charge on any atom is 0.247 e. The van der Waals surface area contributed by atoms with Gasteiger partial charge in [-0.25, -0.2) is 0 Å². The lowest BCUT2D eigenvalue weighted by Gasteiger charge is -2.31. The summed E-state index contributed by atoms with van der Waals surface area (Å²) in [7, 11) is 0. The van der Waals surface area contributed by atoms with Gasteiger partial charge in [0, 0.05) is 6.21 Å². The highest BCUT2D eigenvalue weighted by Gasteiger charge is 2.37. The molecule has 2 aromatic carbocycles. The molecule has 1 heterocycles. The van der Waals surface area contributed by atoms with E-state index in [9.17, 15) is 9.59 Å². The van der Waals surface area contributed by atoms with E-state index in [4.69, 9.17) is 17.0 Å². The van der Waals surface area contributed by atoms with Crippen LogP contribution in [0.4, 0.5) is 0 Å². The molecular formula is C21H21N3O3S. The van der Waals surface area contributed by atoms with Crippen molar-refractivity contribution in [2.24, 2.45) is 10.9 Å². The molecule has 2 aromatic rings. The minimum Gasteiger partial charge on any atom is -0.492 e. The third-order valence-corrected chi connectivity index (χ3v) is 4.56. The average Bonchev–Trinajstić information content (AvgIpc) is 2.69. The normalized spacial score (nSPS) is 17.1. The Balaban J connectivity index is 1.56. The van der Waals surface area contributed by atoms with Crippen LogP contribution in [0.1, 0.15) is 11.1 Å². The summed E-state index contributed by atoms with van der Waals surface area (Å²) in [6.45, 7) is 3.01. The number of benzene rings is 2. The molecule has 7 heteroatoms. The van der Waals surface area contributed by atoms with E-state index in [1.807, 2.05) is 61.5 Å². The van der Waals surface area contributed by atoms with Crippen molar-refractivity contribution in [1.82, 2.24) is 10.2 Å². The number of nitrogens with one attached hydrogen (secondary N) is 1. The Hall–Kier alpha value is -3.06. The molecule has 2 amide bonds. The number of thiocarbonyl (C=S) groups is 1. The second-order valence-corrected chi connectivity index (χ2v) is 6.79. The van der Waals surface area contributed by atoms with Crippen LogP contribution in [0.2, 0.25) is 0 Å². The predicted octanol–water partition coefficient (Wildman–Crippen LogP) is 2.50. The summed E-state index contributed by atoms with van der Waals surface area (Å²) in [4.78, 5) is 30.5. The Morgan fingerprint density at radius 3 is 2.57 bits per heavy atom. The lowest BCUT2D eigenvalue weighted by Crippen LogP contribution is -2.57. The van der Waals surface area contributed by atoms with Gasteiger partial charge in [0.2, 0.25) is 11.8 Å². The molecule has 1 fully saturated rings. The van der Waals surface area contributed by atoms with Crippen molar-refractivity contribution in [1.29, 1.82) is 0 Å². The first-order chi connectivity index (χ1) is 13.5. The molecule has 1 aliphatic heterocycles. The molecule has 0 saturated carbocycles. The molecular weight excluding hydrogens is 374 g/mol. The highest BCUT2D eigenvalue weighted by Crippen LogP contribution is 2.14. The first-order valence-electron chi connectivity index (χ1n) is 8.94. The SMILES string of the molecule is Cc1ccc(OCCN=CC2C(=O)NC(=S)N(Cc3ccccc3)C2=O)cc1. The number of ether oxygens (including phenoxy) is 1. The number of nitrogens with zero attached hydrogens (tertiary/aromatic N) is 2. The maximum absolute atomic E-state index is 12.7. The van der Waals surface area contributed by atoms with Crippen molar-refractivity contribution in [3.63, 3.8) is 0 Å². The number of hydrogen-bond acceptors (Lipinski definition) is 5. The topological polar surface area (TPSA) is 71.0 Å². The molecule has 0 bridgehead atoms. The molecule has 28 heavy (non-hydrogen) atoms. The fourth-order valence-corrected chi connectivity index (χ4v) is 2.96. The Bertz CT molecular complexity index is 882. The zero-order chi connectivity index (χ0) is 19.9. The number of hydrogen-bond donors (Lipinski definition) is 1. The minimum atomic E-state index is -0.991. The van der Waals surface area contributed by atoms with E-state index in [0.717, 1.165) is 16.9 Å². The third kappa shape index (κ3) is 5.01. The number of aliphatic imine (C=N–C) groups is 1. The van der Waals surface area contributed by atoms with E-state index in [-0.39, 0.29) is 11.0 Å². The molecule has 144 valence electrons. The number of amides is 2. The average molecular weight is 395 g/mol. The smallest absolute Gasteiger partial charge is 0.247 e. The lowest BCUT2D eigenvalue weighted by molar-refractivity contribution is -0.138. The van der Waals surface area contributed by atoms with E-state index >= 15 is 0 Å². The Kier molecular flexibility index (Phi) is 6.49. The second kappa shape index (κ2) is 9.23. The maximum atomic E-state index is 12.7. The van der Waals surface area contributed by atoms with Crippen molar-refractivity contribution in [2.75, 3.05) is 13.2 Å². The molecule has 1 atom stereocenters. The van der Waals surface area contributed by atoms with Crippen molar-refractivity contribution < 1.29 is 14.3 Å². The predicted molar refractivity (Wildman–Crippen MR) is 111 cm³/mol. The highest BCUT2D eigenvalue weighted by atomic mass is 32.1. The number of carbonyl (C=O) groups is 2. The number of rotatable bonds is 7. The van der Waals surface area contributed by atoms with Crippen LogP contribution < -0.4 is 10.1 Å². The second-order valence-electron chi connectivity index (χ2n) is 6.40. The van der Waals surface area contributed by atoms with Crippen LogP contribution in [0.3, 0.4) is 0 Å². The fraction of sp³-hybridized carbons (Fsp3) is 0.238. The van der Waals surface area contributed by atoms with Crippen molar-refractivity contribution in [3.8, 4) is 5.75 Å². The monoisotopic (exact) mass is 395 g/mol. The van der Waals surface area contributed by atoms with Crippen LogP contribution in [0.15, 0.2) is 59.6 Å². The van der Waals surface area contributed by atoms with Gasteiger partial charge in [0.15, 0.2) is 11.0 Å². The molecule has 0 spiro atoms. The summed E-state index contributed by atoms with van der Waals surface area (Å²) < 4.78 is 5.59. The highest BCUT2D eigenvalue weighted by molar-refractivity contribution is 7.80. The standard InChI is InChI=1S/C21H21N3O3S/c1-15-7-9-17(10-8-15)27-12-11-22-13-18-19(25)23-21(28)24(20(18)26)14-16-5-3-2-4-6-16/h2-10,13,18H,11-12,14H2,1H3,(H,23,25,28). The molecule has 0 aliphatic carbocycles. The van der Waals surface area contributed by atoms with Crippen molar-refractivity contribution in [2.45, 2.75) is 13.5 Å². The van der Waals surface area contributed by atoms with Crippen LogP contribution in [0, 0.1) is 12.8 Å². The van der Waals surface area contributed by atoms with Gasteiger partial charge in [-0.15, -0.1) is 0 Å². The summed E-state index contributed by atoms with van der Waals surface area (Å²) in [6.07, 6.45) is 1.37. The summed E-state index contributed by atoms with van der Waals surface area (Å²) in [5.74, 6) is -1.07. The van der Waals surface area contributed by atoms with Crippen LogP contribution in [0.25, 0.3) is 0 Å². The summed E-state index contributed by atoms with van der Waals surface area (Å²) in [5, 5.41) is 2.69. The third-order valence-electron chi connectivity index (χ3n) is 4.24. The number of carbonyl (C=O) groups excluding carboxylic acids is 2. The molecule has 0 aromatic heterocycles. The molecule has 3 rings (SSSR count). The van der Waals surface area contributed by atoms with Crippen LogP contribution in [0.5, 0.6) is 5.75 Å². The van der Waals surface area contributed by atoms with Crippen molar-refractivity contribution in [3.05, 3.63) is 65.7 Å². The van der Waals surface area contributed by atoms with E-state index < -0.39 is 11.8 Å². The number of aryl methyl sites for hydroxylation is 1. The van der Waals surface area contributed by atoms with Gasteiger partial charge in [-0.3, -0.25) is 19.5 Å². The molecule has 1 N–H and O–H groups in total. The Morgan fingerprint density at radius 1 is 1.14 bits per heavy atom. The fourth-order valence-electron chi connectivity index (χ4n) is 2.71. The lowest BCUT2D eigenvalue weighted by atomic mass is 10.1. The van der Waals surface area contributed by atoms with Gasteiger partial charge < -0.3 is 10.1 Å². The van der Waals surface area contributed by atoms with Gasteiger partial charge in [0.25, 0.3) is 0 Å². The van der Waals surface area contributed by atoms with Gasteiger partial charge >= 0.3 is 0 Å². The van der Waals surface area contributed by atoms with Gasteiger partial charge in [0.05, 0.1) is 13.1 Å². The van der Waals surface area contributed by atoms with E-state index in [1.54, 1.807) is 0 Å². The summed E-state index contributed by atoms with van der Waals surface area (Å²) >= 11 is 5.16. The molecule has 6 nitrogen and oxygen atoms in total. The van der Waals surface area contributed by atoms with E-state index in [0.29, 0.717) is 19.7 Å². The quantitative estimate of drug-likeness (QED) is 0.338. The Morgan fingerprint density at radius 2 is 1.86 bits per heavy atom. The molecule has 1 unspecified atom stereocenters. The van der Waals surface area contributed by atoms with Gasteiger partial charge in [-0.05, 0) is 36.8 Å². The van der Waals surface area contributed by atoms with Crippen LogP contribution in [-0.4, -0.2) is 41.2 Å². The molecule has 1 saturated heterocycles. The first-order valence-corrected chi connectivity index (χ1v) is 9.35. The minimum absolute atomic E-state index is 0.117.